The number of aromatic nitrogens is 5. The lowest BCUT2D eigenvalue weighted by Crippen LogP contribution is -2.44. The first-order valence-corrected chi connectivity index (χ1v) is 12.4. The Bertz CT molecular complexity index is 1180. The highest BCUT2D eigenvalue weighted by Crippen LogP contribution is 2.35. The summed E-state index contributed by atoms with van der Waals surface area (Å²) in [6, 6.07) is 1.95. The number of carbonyl (C=O) groups excluding carboxylic acids is 1. The molecule has 3 aromatic heterocycles. The molecule has 9 nitrogen and oxygen atoms in total. The van der Waals surface area contributed by atoms with E-state index in [0.717, 1.165) is 64.1 Å². The lowest BCUT2D eigenvalue weighted by atomic mass is 9.85. The van der Waals surface area contributed by atoms with Crippen LogP contribution in [0, 0.1) is 5.92 Å². The molecule has 5 rings (SSSR count). The molecule has 1 amide bonds. The van der Waals surface area contributed by atoms with Gasteiger partial charge in [0.05, 0.1) is 17.9 Å². The first kappa shape index (κ1) is 23.7. The summed E-state index contributed by atoms with van der Waals surface area (Å²) in [6.07, 6.45) is 7.03. The number of hydrogen-bond donors (Lipinski definition) is 1. The Morgan fingerprint density at radius 3 is 2.60 bits per heavy atom. The van der Waals surface area contributed by atoms with Crippen LogP contribution < -0.4 is 10.2 Å². The highest BCUT2D eigenvalue weighted by molar-refractivity contribution is 6.08. The number of fused-ring (bicyclic) bond motifs is 1. The van der Waals surface area contributed by atoms with Crippen molar-refractivity contribution in [1.29, 1.82) is 0 Å². The van der Waals surface area contributed by atoms with Crippen molar-refractivity contribution in [3.63, 3.8) is 0 Å². The number of amides is 1. The SMILES string of the molecule is CC[C@H]1CC[C@H](n2cc(NC(=O)c3cnn4ccc(N5CCN(C)CC5)nc34)c(C(F)F)n2)CC1. The molecule has 2 fully saturated rings. The van der Waals surface area contributed by atoms with Crippen molar-refractivity contribution in [3.8, 4) is 0 Å². The predicted molar refractivity (Wildman–Crippen MR) is 129 cm³/mol. The lowest BCUT2D eigenvalue weighted by molar-refractivity contribution is 0.102. The summed E-state index contributed by atoms with van der Waals surface area (Å²) in [5.41, 5.74) is 0.260. The molecule has 2 aliphatic rings. The van der Waals surface area contributed by atoms with Gasteiger partial charge in [-0.25, -0.2) is 18.3 Å². The summed E-state index contributed by atoms with van der Waals surface area (Å²) >= 11 is 0. The van der Waals surface area contributed by atoms with Crippen LogP contribution >= 0.6 is 0 Å². The van der Waals surface area contributed by atoms with Gasteiger partial charge in [0.15, 0.2) is 11.3 Å². The van der Waals surface area contributed by atoms with Gasteiger partial charge in [-0.05, 0) is 44.7 Å². The van der Waals surface area contributed by atoms with Crippen molar-refractivity contribution in [1.82, 2.24) is 29.3 Å². The van der Waals surface area contributed by atoms with Crippen molar-refractivity contribution in [2.75, 3.05) is 43.4 Å². The third-order valence-corrected chi connectivity index (χ3v) is 7.41. The summed E-state index contributed by atoms with van der Waals surface area (Å²) < 4.78 is 30.7. The van der Waals surface area contributed by atoms with Crippen LogP contribution in [0.3, 0.4) is 0 Å². The minimum Gasteiger partial charge on any atom is -0.354 e. The summed E-state index contributed by atoms with van der Waals surface area (Å²) in [4.78, 5) is 22.3. The Kier molecular flexibility index (Phi) is 6.68. The zero-order valence-electron chi connectivity index (χ0n) is 20.2. The van der Waals surface area contributed by atoms with Crippen molar-refractivity contribution < 1.29 is 13.6 Å². The van der Waals surface area contributed by atoms with E-state index in [1.54, 1.807) is 17.1 Å². The maximum Gasteiger partial charge on any atom is 0.284 e. The first-order chi connectivity index (χ1) is 16.9. The molecule has 1 aliphatic heterocycles. The Labute approximate surface area is 203 Å². The zero-order chi connectivity index (χ0) is 24.5. The second-order valence-corrected chi connectivity index (χ2v) is 9.65. The van der Waals surface area contributed by atoms with E-state index in [-0.39, 0.29) is 17.3 Å². The molecule has 11 heteroatoms. The van der Waals surface area contributed by atoms with Gasteiger partial charge in [0.1, 0.15) is 11.4 Å². The Morgan fingerprint density at radius 1 is 1.17 bits per heavy atom. The normalized spacial score (nSPS) is 21.7. The molecule has 0 aromatic carbocycles. The summed E-state index contributed by atoms with van der Waals surface area (Å²) in [5.74, 6) is 0.928. The minimum absolute atomic E-state index is 0.0391. The molecule has 0 bridgehead atoms. The third kappa shape index (κ3) is 4.86. The molecular weight excluding hydrogens is 454 g/mol. The largest absolute Gasteiger partial charge is 0.354 e. The molecular formula is C24H32F2N8O. The van der Waals surface area contributed by atoms with Crippen LogP contribution in [-0.2, 0) is 0 Å². The fourth-order valence-electron chi connectivity index (χ4n) is 5.09. The van der Waals surface area contributed by atoms with Gasteiger partial charge in [-0.2, -0.15) is 10.2 Å². The van der Waals surface area contributed by atoms with E-state index in [1.807, 2.05) is 6.07 Å². The second-order valence-electron chi connectivity index (χ2n) is 9.65. The Balaban J connectivity index is 1.37. The van der Waals surface area contributed by atoms with Gasteiger partial charge in [-0.3, -0.25) is 9.48 Å². The van der Waals surface area contributed by atoms with Crippen molar-refractivity contribution >= 4 is 23.1 Å². The van der Waals surface area contributed by atoms with E-state index in [1.165, 1.54) is 10.7 Å². The van der Waals surface area contributed by atoms with E-state index in [2.05, 4.69) is 44.3 Å². The van der Waals surface area contributed by atoms with Gasteiger partial charge in [-0.1, -0.05) is 13.3 Å². The van der Waals surface area contributed by atoms with Crippen LogP contribution in [-0.4, -0.2) is 68.4 Å². The van der Waals surface area contributed by atoms with Crippen molar-refractivity contribution in [2.24, 2.45) is 5.92 Å². The molecule has 0 radical (unpaired) electrons. The van der Waals surface area contributed by atoms with Crippen LogP contribution in [0.5, 0.6) is 0 Å². The van der Waals surface area contributed by atoms with E-state index in [4.69, 9.17) is 0 Å². The molecule has 1 aliphatic carbocycles. The molecule has 3 aromatic rings. The number of nitrogens with zero attached hydrogens (tertiary/aromatic N) is 7. The highest BCUT2D eigenvalue weighted by Gasteiger charge is 2.27. The van der Waals surface area contributed by atoms with Crippen LogP contribution in [0.2, 0.25) is 0 Å². The number of anilines is 2. The number of piperazine rings is 1. The number of alkyl halides is 2. The highest BCUT2D eigenvalue weighted by atomic mass is 19.3. The van der Waals surface area contributed by atoms with Gasteiger partial charge in [-0.15, -0.1) is 0 Å². The average Bonchev–Trinajstić information content (AvgIpc) is 3.49. The maximum atomic E-state index is 13.8. The second kappa shape index (κ2) is 9.88. The summed E-state index contributed by atoms with van der Waals surface area (Å²) in [7, 11) is 2.08. The predicted octanol–water partition coefficient (Wildman–Crippen LogP) is 4.01. The topological polar surface area (TPSA) is 83.6 Å². The quantitative estimate of drug-likeness (QED) is 0.567. The summed E-state index contributed by atoms with van der Waals surface area (Å²) in [5, 5.41) is 11.1. The Hall–Kier alpha value is -3.08. The van der Waals surface area contributed by atoms with Crippen LogP contribution in [0.15, 0.2) is 24.7 Å². The average molecular weight is 487 g/mol. The van der Waals surface area contributed by atoms with Crippen molar-refractivity contribution in [2.45, 2.75) is 51.5 Å². The van der Waals surface area contributed by atoms with Crippen LogP contribution in [0.25, 0.3) is 5.65 Å². The summed E-state index contributed by atoms with van der Waals surface area (Å²) in [6.45, 7) is 5.73. The number of carbonyl (C=O) groups is 1. The fraction of sp³-hybridized carbons (Fsp3) is 0.583. The van der Waals surface area contributed by atoms with E-state index in [0.29, 0.717) is 11.6 Å². The molecule has 0 unspecified atom stereocenters. The van der Waals surface area contributed by atoms with Gasteiger partial charge < -0.3 is 15.1 Å². The fourth-order valence-corrected chi connectivity index (χ4v) is 5.09. The first-order valence-electron chi connectivity index (χ1n) is 12.4. The molecule has 1 N–H and O–H groups in total. The molecule has 188 valence electrons. The smallest absolute Gasteiger partial charge is 0.284 e. The third-order valence-electron chi connectivity index (χ3n) is 7.41. The van der Waals surface area contributed by atoms with E-state index in [9.17, 15) is 13.6 Å². The standard InChI is InChI=1S/C24H32F2N8O/c1-3-16-4-6-17(7-5-16)34-15-19(21(30-34)22(25)26)28-24(35)18-14-27-33-9-8-20(29-23(18)33)32-12-10-31(2)11-13-32/h8-9,14-17,22H,3-7,10-13H2,1-2H3,(H,28,35)/t16-,17-. The number of rotatable bonds is 6. The molecule has 0 atom stereocenters. The van der Waals surface area contributed by atoms with Gasteiger partial charge >= 0.3 is 0 Å². The van der Waals surface area contributed by atoms with Crippen LogP contribution in [0.4, 0.5) is 20.3 Å². The monoisotopic (exact) mass is 486 g/mol. The van der Waals surface area contributed by atoms with E-state index < -0.39 is 18.0 Å². The van der Waals surface area contributed by atoms with Gasteiger partial charge in [0.25, 0.3) is 12.3 Å². The van der Waals surface area contributed by atoms with Gasteiger partial charge in [0, 0.05) is 38.6 Å². The molecule has 1 saturated heterocycles. The maximum absolute atomic E-state index is 13.8. The molecule has 1 saturated carbocycles. The van der Waals surface area contributed by atoms with Gasteiger partial charge in [0.2, 0.25) is 0 Å². The molecule has 35 heavy (non-hydrogen) atoms. The lowest BCUT2D eigenvalue weighted by Gasteiger charge is -2.33. The number of nitrogens with one attached hydrogen (secondary N) is 1. The minimum atomic E-state index is -2.79. The number of halogens is 2. The Morgan fingerprint density at radius 2 is 1.91 bits per heavy atom. The van der Waals surface area contributed by atoms with Crippen molar-refractivity contribution in [3.05, 3.63) is 35.9 Å². The van der Waals surface area contributed by atoms with Crippen LogP contribution in [0.1, 0.15) is 67.5 Å². The molecule has 0 spiro atoms. The zero-order valence-corrected chi connectivity index (χ0v) is 20.2. The number of likely N-dealkylation sites (N-methyl/N-ethyl adjacent to an activating group) is 1. The molecule has 4 heterocycles. The number of hydrogen-bond acceptors (Lipinski definition) is 6. The van der Waals surface area contributed by atoms with E-state index >= 15 is 0 Å².